The summed E-state index contributed by atoms with van der Waals surface area (Å²) in [6, 6.07) is -0.569. The first kappa shape index (κ1) is 19.4. The van der Waals surface area contributed by atoms with Gasteiger partial charge in [0.15, 0.2) is 0 Å². The molecule has 7 nitrogen and oxygen atoms in total. The van der Waals surface area contributed by atoms with Crippen LogP contribution >= 0.6 is 0 Å². The van der Waals surface area contributed by atoms with E-state index in [4.69, 9.17) is 9.84 Å². The van der Waals surface area contributed by atoms with Crippen molar-refractivity contribution < 1.29 is 29.3 Å². The van der Waals surface area contributed by atoms with E-state index in [-0.39, 0.29) is 18.7 Å². The Morgan fingerprint density at radius 1 is 1.17 bits per heavy atom. The molecule has 1 rings (SSSR count). The molecule has 2 atom stereocenters. The first-order valence-corrected chi connectivity index (χ1v) is 8.35. The number of carbonyl (C=O) groups excluding carboxylic acids is 2. The number of hydrogen-bond acceptors (Lipinski definition) is 5. The van der Waals surface area contributed by atoms with Crippen LogP contribution in [0.25, 0.3) is 0 Å². The lowest BCUT2D eigenvalue weighted by atomic mass is 10.0. The maximum Gasteiger partial charge on any atom is 0.328 e. The molecular weight excluding hydrogens is 302 g/mol. The fourth-order valence-electron chi connectivity index (χ4n) is 2.56. The Balaban J connectivity index is 1.97. The van der Waals surface area contributed by atoms with Crippen molar-refractivity contribution in [3.8, 4) is 0 Å². The van der Waals surface area contributed by atoms with Crippen molar-refractivity contribution in [1.29, 1.82) is 0 Å². The summed E-state index contributed by atoms with van der Waals surface area (Å²) in [6.45, 7) is 0.332. The van der Waals surface area contributed by atoms with Crippen LogP contribution in [-0.2, 0) is 19.1 Å². The van der Waals surface area contributed by atoms with E-state index in [0.29, 0.717) is 25.9 Å². The molecule has 1 heterocycles. The van der Waals surface area contributed by atoms with Crippen LogP contribution in [-0.4, -0.2) is 46.8 Å². The van der Waals surface area contributed by atoms with Gasteiger partial charge in [0.05, 0.1) is 19.1 Å². The molecule has 0 spiro atoms. The number of cyclic esters (lactones) is 1. The maximum absolute atomic E-state index is 11.7. The molecule has 7 heteroatoms. The van der Waals surface area contributed by atoms with Crippen molar-refractivity contribution in [1.82, 2.24) is 5.32 Å². The third kappa shape index (κ3) is 9.18. The zero-order valence-corrected chi connectivity index (χ0v) is 13.5. The van der Waals surface area contributed by atoms with Gasteiger partial charge in [0.2, 0.25) is 5.91 Å². The molecule has 0 aromatic rings. The van der Waals surface area contributed by atoms with Crippen molar-refractivity contribution in [2.24, 2.45) is 0 Å². The first-order valence-electron chi connectivity index (χ1n) is 8.35. The predicted octanol–water partition coefficient (Wildman–Crippen LogP) is 1.37. The highest BCUT2D eigenvalue weighted by molar-refractivity contribution is 5.85. The number of aliphatic carboxylic acids is 1. The smallest absolute Gasteiger partial charge is 0.328 e. The number of aliphatic hydroxyl groups excluding tert-OH is 1. The average Bonchev–Trinajstić information content (AvgIpc) is 2.86. The van der Waals surface area contributed by atoms with Crippen molar-refractivity contribution in [3.63, 3.8) is 0 Å². The second-order valence-corrected chi connectivity index (χ2v) is 5.99. The zero-order chi connectivity index (χ0) is 17.1. The van der Waals surface area contributed by atoms with Crippen LogP contribution in [0.3, 0.4) is 0 Å². The average molecular weight is 329 g/mol. The van der Waals surface area contributed by atoms with Crippen LogP contribution in [0.5, 0.6) is 0 Å². The summed E-state index contributed by atoms with van der Waals surface area (Å²) >= 11 is 0. The number of ether oxygens (including phenoxy) is 1. The monoisotopic (exact) mass is 329 g/mol. The Morgan fingerprint density at radius 2 is 1.83 bits per heavy atom. The SMILES string of the molecule is O=C(O)CCCCCCCCC(O)CC(=O)N[C@H]1CCOC1=O. The lowest BCUT2D eigenvalue weighted by Gasteiger charge is -2.12. The summed E-state index contributed by atoms with van der Waals surface area (Å²) in [5, 5.41) is 20.9. The molecule has 0 aromatic heterocycles. The van der Waals surface area contributed by atoms with Gasteiger partial charge in [-0.2, -0.15) is 0 Å². The minimum atomic E-state index is -0.753. The molecule has 0 aliphatic carbocycles. The van der Waals surface area contributed by atoms with E-state index in [1.165, 1.54) is 0 Å². The van der Waals surface area contributed by atoms with Crippen molar-refractivity contribution in [2.45, 2.75) is 76.4 Å². The van der Waals surface area contributed by atoms with Crippen molar-refractivity contribution >= 4 is 17.8 Å². The largest absolute Gasteiger partial charge is 0.481 e. The van der Waals surface area contributed by atoms with Crippen LogP contribution in [0.15, 0.2) is 0 Å². The number of hydrogen-bond donors (Lipinski definition) is 3. The Bertz CT molecular complexity index is 398. The summed E-state index contributed by atoms with van der Waals surface area (Å²) in [4.78, 5) is 33.2. The van der Waals surface area contributed by atoms with Crippen molar-refractivity contribution in [2.75, 3.05) is 6.61 Å². The lowest BCUT2D eigenvalue weighted by Crippen LogP contribution is -2.39. The van der Waals surface area contributed by atoms with Gasteiger partial charge in [-0.1, -0.05) is 32.1 Å². The summed E-state index contributed by atoms with van der Waals surface area (Å²) in [5.41, 5.74) is 0. The third-order valence-corrected chi connectivity index (χ3v) is 3.87. The molecule has 0 aromatic carbocycles. The van der Waals surface area contributed by atoms with Crippen LogP contribution in [0.1, 0.15) is 64.2 Å². The highest BCUT2D eigenvalue weighted by Crippen LogP contribution is 2.12. The summed E-state index contributed by atoms with van der Waals surface area (Å²) in [5.74, 6) is -1.48. The highest BCUT2D eigenvalue weighted by atomic mass is 16.5. The van der Waals surface area contributed by atoms with E-state index < -0.39 is 24.1 Å². The lowest BCUT2D eigenvalue weighted by molar-refractivity contribution is -0.141. The predicted molar refractivity (Wildman–Crippen MR) is 82.7 cm³/mol. The molecule has 1 aliphatic rings. The molecule has 23 heavy (non-hydrogen) atoms. The van der Waals surface area contributed by atoms with E-state index >= 15 is 0 Å². The van der Waals surface area contributed by atoms with E-state index in [1.807, 2.05) is 0 Å². The summed E-state index contributed by atoms with van der Waals surface area (Å²) < 4.78 is 4.76. The number of esters is 1. The Hall–Kier alpha value is -1.63. The normalized spacial score (nSPS) is 18.5. The van der Waals surface area contributed by atoms with Crippen LogP contribution < -0.4 is 5.32 Å². The van der Waals surface area contributed by atoms with Crippen molar-refractivity contribution in [3.05, 3.63) is 0 Å². The summed E-state index contributed by atoms with van der Waals surface area (Å²) in [6.07, 6.45) is 5.99. The molecule has 1 aliphatic heterocycles. The molecular formula is C16H27NO6. The number of carboxylic acids is 1. The first-order chi connectivity index (χ1) is 11.0. The molecule has 1 saturated heterocycles. The van der Waals surface area contributed by atoms with Gasteiger partial charge in [-0.3, -0.25) is 9.59 Å². The Labute approximate surface area is 136 Å². The molecule has 3 N–H and O–H groups in total. The molecule has 1 unspecified atom stereocenters. The van der Waals surface area contributed by atoms with Gasteiger partial charge in [0, 0.05) is 12.8 Å². The van der Waals surface area contributed by atoms with Gasteiger partial charge >= 0.3 is 11.9 Å². The number of unbranched alkanes of at least 4 members (excludes halogenated alkanes) is 5. The summed E-state index contributed by atoms with van der Waals surface area (Å²) in [7, 11) is 0. The second-order valence-electron chi connectivity index (χ2n) is 5.99. The number of carboxylic acid groups (broad SMARTS) is 1. The van der Waals surface area contributed by atoms with Gasteiger partial charge in [-0.25, -0.2) is 4.79 Å². The van der Waals surface area contributed by atoms with Gasteiger partial charge in [0.1, 0.15) is 6.04 Å². The standard InChI is InChI=1S/C16H27NO6/c18-12(7-5-3-1-2-4-6-8-15(20)21)11-14(19)17-13-9-10-23-16(13)22/h12-13,18H,1-11H2,(H,17,19)(H,20,21)/t12?,13-/m0/s1. The van der Waals surface area contributed by atoms with E-state index in [9.17, 15) is 19.5 Å². The number of carbonyl (C=O) groups is 3. The van der Waals surface area contributed by atoms with Crippen LogP contribution in [0.4, 0.5) is 0 Å². The second kappa shape index (κ2) is 11.0. The van der Waals surface area contributed by atoms with Crippen LogP contribution in [0, 0.1) is 0 Å². The fraction of sp³-hybridized carbons (Fsp3) is 0.812. The van der Waals surface area contributed by atoms with Gasteiger partial charge in [-0.05, 0) is 12.8 Å². The quantitative estimate of drug-likeness (QED) is 0.368. The molecule has 1 amide bonds. The number of rotatable bonds is 12. The third-order valence-electron chi connectivity index (χ3n) is 3.87. The van der Waals surface area contributed by atoms with E-state index in [1.54, 1.807) is 0 Å². The molecule has 1 fully saturated rings. The molecule has 0 saturated carbocycles. The minimum absolute atomic E-state index is 0.00237. The van der Waals surface area contributed by atoms with Crippen LogP contribution in [0.2, 0.25) is 0 Å². The van der Waals surface area contributed by atoms with E-state index in [0.717, 1.165) is 32.1 Å². The maximum atomic E-state index is 11.7. The van der Waals surface area contributed by atoms with Gasteiger partial charge < -0.3 is 20.3 Å². The Kier molecular flexibility index (Phi) is 9.28. The van der Waals surface area contributed by atoms with E-state index in [2.05, 4.69) is 5.32 Å². The zero-order valence-electron chi connectivity index (χ0n) is 13.5. The number of aliphatic hydroxyl groups is 1. The topological polar surface area (TPSA) is 113 Å². The molecule has 132 valence electrons. The molecule has 0 bridgehead atoms. The van der Waals surface area contributed by atoms with Gasteiger partial charge in [-0.15, -0.1) is 0 Å². The fourth-order valence-corrected chi connectivity index (χ4v) is 2.56. The number of nitrogens with one attached hydrogen (secondary N) is 1. The molecule has 0 radical (unpaired) electrons. The minimum Gasteiger partial charge on any atom is -0.481 e. The number of amides is 1. The highest BCUT2D eigenvalue weighted by Gasteiger charge is 2.28. The van der Waals surface area contributed by atoms with Gasteiger partial charge in [0.25, 0.3) is 0 Å². The Morgan fingerprint density at radius 3 is 2.43 bits per heavy atom.